The van der Waals surface area contributed by atoms with Gasteiger partial charge in [0.1, 0.15) is 11.6 Å². The molecular formula is C42H22N4. The number of pyridine rings is 1. The van der Waals surface area contributed by atoms with Crippen molar-refractivity contribution < 1.29 is 0 Å². The van der Waals surface area contributed by atoms with Crippen LogP contribution in [0.3, 0.4) is 0 Å². The molecule has 0 atom stereocenters. The molecule has 0 amide bonds. The summed E-state index contributed by atoms with van der Waals surface area (Å²) >= 11 is 0. The Morgan fingerprint density at radius 3 is 1.26 bits per heavy atom. The SMILES string of the molecule is N#Cc1c(-n2c3cccc4c5ccccc5c5cccc2c5c43)cccc1-n1c2cccc3c4ccncc4c4cccc1c4c32. The third-order valence-electron chi connectivity index (χ3n) is 10.2. The quantitative estimate of drug-likeness (QED) is 0.190. The molecule has 11 aromatic rings. The van der Waals surface area contributed by atoms with Gasteiger partial charge in [-0.05, 0) is 80.2 Å². The summed E-state index contributed by atoms with van der Waals surface area (Å²) < 4.78 is 4.59. The third-order valence-corrected chi connectivity index (χ3v) is 10.2. The van der Waals surface area contributed by atoms with Crippen molar-refractivity contribution in [2.45, 2.75) is 0 Å². The number of aromatic nitrogens is 3. The van der Waals surface area contributed by atoms with E-state index in [4.69, 9.17) is 0 Å². The fraction of sp³-hybridized carbons (Fsp3) is 0. The van der Waals surface area contributed by atoms with Crippen LogP contribution in [0, 0.1) is 11.3 Å². The van der Waals surface area contributed by atoms with Crippen LogP contribution in [0.15, 0.2) is 134 Å². The normalized spacial score (nSPS) is 12.3. The molecule has 0 radical (unpaired) electrons. The molecule has 4 heteroatoms. The molecule has 4 nitrogen and oxygen atoms in total. The number of nitrogens with zero attached hydrogens (tertiary/aromatic N) is 4. The lowest BCUT2D eigenvalue weighted by molar-refractivity contribution is 1.12. The second kappa shape index (κ2) is 8.38. The molecule has 8 aromatic carbocycles. The first-order chi connectivity index (χ1) is 22.8. The zero-order chi connectivity index (χ0) is 30.1. The van der Waals surface area contributed by atoms with Gasteiger partial charge in [0.15, 0.2) is 0 Å². The predicted octanol–water partition coefficient (Wildman–Crippen LogP) is 10.6. The summed E-state index contributed by atoms with van der Waals surface area (Å²) in [4.78, 5) is 4.48. The lowest BCUT2D eigenvalue weighted by Gasteiger charge is -2.15. The van der Waals surface area contributed by atoms with E-state index in [-0.39, 0.29) is 0 Å². The lowest BCUT2D eigenvalue weighted by atomic mass is 9.95. The summed E-state index contributed by atoms with van der Waals surface area (Å²) in [5, 5.41) is 25.6. The third kappa shape index (κ3) is 2.73. The van der Waals surface area contributed by atoms with Crippen molar-refractivity contribution in [2.24, 2.45) is 0 Å². The zero-order valence-corrected chi connectivity index (χ0v) is 24.5. The number of benzene rings is 8. The van der Waals surface area contributed by atoms with Crippen molar-refractivity contribution in [3.63, 3.8) is 0 Å². The fourth-order valence-electron chi connectivity index (χ4n) is 8.45. The lowest BCUT2D eigenvalue weighted by Crippen LogP contribution is -2.03. The number of rotatable bonds is 2. The highest BCUT2D eigenvalue weighted by atomic mass is 15.0. The van der Waals surface area contributed by atoms with Crippen LogP contribution >= 0.6 is 0 Å². The highest BCUT2D eigenvalue weighted by Gasteiger charge is 2.24. The highest BCUT2D eigenvalue weighted by molar-refractivity contribution is 6.35. The summed E-state index contributed by atoms with van der Waals surface area (Å²) in [6.45, 7) is 0. The summed E-state index contributed by atoms with van der Waals surface area (Å²) in [6.07, 6.45) is 3.84. The molecule has 0 bridgehead atoms. The van der Waals surface area contributed by atoms with Gasteiger partial charge in [-0.2, -0.15) is 5.26 Å². The minimum Gasteiger partial charge on any atom is -0.308 e. The monoisotopic (exact) mass is 582 g/mol. The van der Waals surface area contributed by atoms with E-state index in [9.17, 15) is 5.26 Å². The molecule has 0 spiro atoms. The average molecular weight is 583 g/mol. The van der Waals surface area contributed by atoms with Crippen molar-refractivity contribution in [3.8, 4) is 17.4 Å². The minimum absolute atomic E-state index is 0.641. The summed E-state index contributed by atoms with van der Waals surface area (Å²) in [6, 6.07) is 45.8. The Hall–Kier alpha value is -6.44. The molecule has 3 aromatic heterocycles. The van der Waals surface area contributed by atoms with Gasteiger partial charge >= 0.3 is 0 Å². The van der Waals surface area contributed by atoms with Crippen molar-refractivity contribution >= 4 is 86.7 Å². The summed E-state index contributed by atoms with van der Waals surface area (Å²) in [7, 11) is 0. The molecule has 0 unspecified atom stereocenters. The number of hydrogen-bond acceptors (Lipinski definition) is 2. The van der Waals surface area contributed by atoms with E-state index in [1.807, 2.05) is 12.4 Å². The smallest absolute Gasteiger partial charge is 0.104 e. The molecule has 0 aliphatic carbocycles. The van der Waals surface area contributed by atoms with Crippen LogP contribution in [0.5, 0.6) is 0 Å². The number of hydrogen-bond donors (Lipinski definition) is 0. The molecule has 0 saturated heterocycles. The Balaban J connectivity index is 1.30. The van der Waals surface area contributed by atoms with Gasteiger partial charge in [-0.25, -0.2) is 0 Å². The van der Waals surface area contributed by atoms with Crippen molar-refractivity contribution in [1.82, 2.24) is 14.1 Å². The second-order valence-electron chi connectivity index (χ2n) is 12.2. The maximum Gasteiger partial charge on any atom is 0.104 e. The topological polar surface area (TPSA) is 46.5 Å². The van der Waals surface area contributed by atoms with Crippen LogP contribution in [0.25, 0.3) is 98.1 Å². The van der Waals surface area contributed by atoms with Crippen LogP contribution in [0.1, 0.15) is 5.56 Å². The Morgan fingerprint density at radius 2 is 0.804 bits per heavy atom. The van der Waals surface area contributed by atoms with Gasteiger partial charge in [-0.1, -0.05) is 78.9 Å². The van der Waals surface area contributed by atoms with E-state index < -0.39 is 0 Å². The van der Waals surface area contributed by atoms with Crippen LogP contribution < -0.4 is 0 Å². The summed E-state index contributed by atoms with van der Waals surface area (Å²) in [5.41, 5.74) is 6.79. The Labute approximate surface area is 262 Å². The fourth-order valence-corrected chi connectivity index (χ4v) is 8.45. The first-order valence-corrected chi connectivity index (χ1v) is 15.5. The predicted molar refractivity (Wildman–Crippen MR) is 190 cm³/mol. The largest absolute Gasteiger partial charge is 0.308 e. The van der Waals surface area contributed by atoms with Gasteiger partial charge in [-0.3, -0.25) is 4.98 Å². The zero-order valence-electron chi connectivity index (χ0n) is 24.5. The Morgan fingerprint density at radius 1 is 0.413 bits per heavy atom. The van der Waals surface area contributed by atoms with Gasteiger partial charge in [-0.15, -0.1) is 0 Å². The second-order valence-corrected chi connectivity index (χ2v) is 12.2. The van der Waals surface area contributed by atoms with E-state index in [1.54, 1.807) is 0 Å². The standard InChI is InChI=1S/C42H22N4/c43-22-31-33(45-35-16-3-10-27-24-8-1-2-9-25(24)28-11-4-17-36(45)40(28)39(27)35)14-7-15-34(31)46-37-18-5-12-29-26-20-21-44-23-32(26)30-13-6-19-38(46)42(30)41(29)37/h1-21,23H. The highest BCUT2D eigenvalue weighted by Crippen LogP contribution is 2.46. The molecule has 210 valence electrons. The number of nitriles is 1. The van der Waals surface area contributed by atoms with Gasteiger partial charge in [0.2, 0.25) is 0 Å². The van der Waals surface area contributed by atoms with E-state index >= 15 is 0 Å². The van der Waals surface area contributed by atoms with Crippen LogP contribution in [0.2, 0.25) is 0 Å². The van der Waals surface area contributed by atoms with Crippen molar-refractivity contribution in [3.05, 3.63) is 139 Å². The molecule has 46 heavy (non-hydrogen) atoms. The van der Waals surface area contributed by atoms with E-state index in [0.717, 1.165) is 38.8 Å². The molecule has 0 saturated carbocycles. The van der Waals surface area contributed by atoms with E-state index in [1.165, 1.54) is 59.2 Å². The van der Waals surface area contributed by atoms with Gasteiger partial charge in [0.25, 0.3) is 0 Å². The molecule has 0 aliphatic rings. The van der Waals surface area contributed by atoms with E-state index in [0.29, 0.717) is 5.56 Å². The van der Waals surface area contributed by atoms with Crippen LogP contribution in [-0.4, -0.2) is 14.1 Å². The van der Waals surface area contributed by atoms with Crippen LogP contribution in [0.4, 0.5) is 0 Å². The Bertz CT molecular complexity index is 2720. The van der Waals surface area contributed by atoms with Gasteiger partial charge < -0.3 is 9.13 Å². The minimum atomic E-state index is 0.641. The van der Waals surface area contributed by atoms with E-state index in [2.05, 4.69) is 142 Å². The van der Waals surface area contributed by atoms with Gasteiger partial charge in [0, 0.05) is 39.3 Å². The Kier molecular flexibility index (Phi) is 4.36. The molecular weight excluding hydrogens is 560 g/mol. The van der Waals surface area contributed by atoms with Crippen molar-refractivity contribution in [2.75, 3.05) is 0 Å². The number of fused-ring (bicyclic) bond motifs is 6. The molecule has 0 aliphatic heterocycles. The first-order valence-electron chi connectivity index (χ1n) is 15.5. The molecule has 0 fully saturated rings. The van der Waals surface area contributed by atoms with Crippen LogP contribution in [-0.2, 0) is 0 Å². The van der Waals surface area contributed by atoms with Gasteiger partial charge in [0.05, 0.1) is 33.4 Å². The molecule has 3 heterocycles. The average Bonchev–Trinajstić information content (AvgIpc) is 3.64. The summed E-state index contributed by atoms with van der Waals surface area (Å²) in [5.74, 6) is 0. The first kappa shape index (κ1) is 23.9. The van der Waals surface area contributed by atoms with Crippen molar-refractivity contribution in [1.29, 1.82) is 5.26 Å². The maximum absolute atomic E-state index is 11.0. The molecule has 11 rings (SSSR count). The maximum atomic E-state index is 11.0. The molecule has 0 N–H and O–H groups in total.